The highest BCUT2D eigenvalue weighted by atomic mass is 35.9. The van der Waals surface area contributed by atoms with E-state index in [1.165, 1.54) is 6.92 Å². The fourth-order valence-electron chi connectivity index (χ4n) is 5.65. The molecule has 0 spiro atoms. The van der Waals surface area contributed by atoms with Crippen LogP contribution in [0.1, 0.15) is 52.3 Å². The van der Waals surface area contributed by atoms with Gasteiger partial charge in [0.25, 0.3) is 0 Å². The summed E-state index contributed by atoms with van der Waals surface area (Å²) in [6.07, 6.45) is -0.117. The number of nitrogens with two attached hydrogens (primary N) is 2. The van der Waals surface area contributed by atoms with E-state index in [0.717, 1.165) is 57.5 Å². The van der Waals surface area contributed by atoms with Crippen LogP contribution in [0.5, 0.6) is 34.5 Å². The van der Waals surface area contributed by atoms with Crippen molar-refractivity contribution in [1.29, 1.82) is 0 Å². The summed E-state index contributed by atoms with van der Waals surface area (Å²) in [7, 11) is 0. The number of phenolic OH excluding ortho intramolecular Hbond substituents is 2. The molecule has 1 amide bonds. The molecule has 0 heterocycles. The number of rotatable bonds is 15. The van der Waals surface area contributed by atoms with Crippen LogP contribution in [0, 0.1) is 20.8 Å². The van der Waals surface area contributed by atoms with Gasteiger partial charge in [0.05, 0.1) is 0 Å². The number of benzene rings is 4. The lowest BCUT2D eigenvalue weighted by atomic mass is 9.88. The maximum absolute atomic E-state index is 11.5. The van der Waals surface area contributed by atoms with E-state index < -0.39 is 6.27 Å². The van der Waals surface area contributed by atoms with Gasteiger partial charge in [-0.15, -0.1) is 5.09 Å². The van der Waals surface area contributed by atoms with Crippen LogP contribution >= 0.6 is 28.8 Å². The molecule has 0 aromatic heterocycles. The molecule has 8 N–H and O–H groups in total. The number of phenols is 2. The van der Waals surface area contributed by atoms with E-state index >= 15 is 0 Å². The fraction of sp³-hybridized carbons (Fsp3) is 0.306. The monoisotopic (exact) mass is 713 g/mol. The molecule has 1 atom stereocenters. The Morgan fingerprint density at radius 2 is 1.44 bits per heavy atom. The highest BCUT2D eigenvalue weighted by molar-refractivity contribution is 8.14. The lowest BCUT2D eigenvalue weighted by molar-refractivity contribution is -0.119. The first-order valence-electron chi connectivity index (χ1n) is 15.7. The van der Waals surface area contributed by atoms with E-state index in [-0.39, 0.29) is 23.4 Å². The van der Waals surface area contributed by atoms with Crippen molar-refractivity contribution in [3.05, 3.63) is 106 Å². The first-order valence-corrected chi connectivity index (χ1v) is 19.4. The number of ether oxygens (including phenoxy) is 2. The normalized spacial score (nSPS) is 12.1. The molecule has 4 aromatic carbocycles. The molecule has 4 rings (SSSR count). The fourth-order valence-corrected chi connectivity index (χ4v) is 6.61. The van der Waals surface area contributed by atoms with E-state index in [0.29, 0.717) is 43.2 Å². The molecule has 48 heavy (non-hydrogen) atoms. The van der Waals surface area contributed by atoms with Gasteiger partial charge in [0, 0.05) is 32.5 Å². The summed E-state index contributed by atoms with van der Waals surface area (Å²) in [5, 5.41) is 25.5. The SMILES string of the molecule is CC(=O)NCC(N)Cc1cc(C)c(Oc2ccc(O)cc2)c(Cc2c(CCCN[P+](N)(Cl)Cl)cc(C)c(Oc3ccc(O)cc3)c2C)c1. The van der Waals surface area contributed by atoms with E-state index in [1.807, 2.05) is 20.8 Å². The Hall–Kier alpha value is -3.56. The van der Waals surface area contributed by atoms with Crippen LogP contribution in [-0.2, 0) is 24.1 Å². The number of aromatic hydroxyl groups is 2. The van der Waals surface area contributed by atoms with Gasteiger partial charge >= 0.3 is 6.27 Å². The van der Waals surface area contributed by atoms with Crippen molar-refractivity contribution in [3.8, 4) is 34.5 Å². The molecule has 4 aromatic rings. The predicted molar refractivity (Wildman–Crippen MR) is 196 cm³/mol. The standard InChI is InChI=1S/C36H43Cl2N4O5P/c1-22-16-26(19-29(39)21-41-25(4)43)18-28(36(22)47-33-13-9-31(45)10-14-33)20-34-24(3)35(46-32-11-7-30(44)8-12-32)23(2)17-27(34)6-5-15-42-48(37,38)40/h7-14,16-18,29,42H,5-6,15,19-21,39-40H2,1-4H3,(H2-,41,43,44,45)/p+1. The van der Waals surface area contributed by atoms with Gasteiger partial charge in [0.15, 0.2) is 22.5 Å². The van der Waals surface area contributed by atoms with Gasteiger partial charge in [0.1, 0.15) is 34.5 Å². The smallest absolute Gasteiger partial charge is 0.347 e. The second kappa shape index (κ2) is 16.7. The minimum atomic E-state index is -2.66. The lowest BCUT2D eigenvalue weighted by Gasteiger charge is -2.22. The number of halogens is 2. The van der Waals surface area contributed by atoms with Crippen LogP contribution in [0.25, 0.3) is 0 Å². The van der Waals surface area contributed by atoms with Crippen molar-refractivity contribution in [2.45, 2.75) is 59.4 Å². The average Bonchev–Trinajstić information content (AvgIpc) is 3.01. The summed E-state index contributed by atoms with van der Waals surface area (Å²) < 4.78 is 12.9. The van der Waals surface area contributed by atoms with Crippen molar-refractivity contribution >= 4 is 34.7 Å². The molecule has 12 heteroatoms. The minimum absolute atomic E-state index is 0.126. The third-order valence-electron chi connectivity index (χ3n) is 7.88. The first-order chi connectivity index (χ1) is 22.7. The number of aryl methyl sites for hydroxylation is 3. The molecule has 9 nitrogen and oxygen atoms in total. The van der Waals surface area contributed by atoms with E-state index in [1.54, 1.807) is 48.5 Å². The molecule has 0 fully saturated rings. The minimum Gasteiger partial charge on any atom is -0.508 e. The highest BCUT2D eigenvalue weighted by Gasteiger charge is 2.27. The van der Waals surface area contributed by atoms with E-state index in [9.17, 15) is 15.0 Å². The average molecular weight is 715 g/mol. The number of amides is 1. The third-order valence-corrected chi connectivity index (χ3v) is 9.24. The van der Waals surface area contributed by atoms with E-state index in [2.05, 4.69) is 28.6 Å². The summed E-state index contributed by atoms with van der Waals surface area (Å²) in [4.78, 5) is 11.5. The molecule has 0 saturated carbocycles. The lowest BCUT2D eigenvalue weighted by Crippen LogP contribution is -2.37. The van der Waals surface area contributed by atoms with Crippen LogP contribution in [0.3, 0.4) is 0 Å². The predicted octanol–water partition coefficient (Wildman–Crippen LogP) is 7.84. The second-order valence-corrected chi connectivity index (χ2v) is 17.2. The van der Waals surface area contributed by atoms with Crippen LogP contribution < -0.4 is 31.1 Å². The Balaban J connectivity index is 1.78. The Labute approximate surface area is 292 Å². The summed E-state index contributed by atoms with van der Waals surface area (Å²) in [5.74, 6) is 2.82. The zero-order chi connectivity index (χ0) is 35.0. The molecular weight excluding hydrogens is 670 g/mol. The Morgan fingerprint density at radius 3 is 2.00 bits per heavy atom. The number of carbonyl (C=O) groups is 1. The second-order valence-electron chi connectivity index (χ2n) is 12.0. The van der Waals surface area contributed by atoms with Gasteiger partial charge in [0.2, 0.25) is 5.91 Å². The molecule has 1 unspecified atom stereocenters. The topological polar surface area (TPSA) is 152 Å². The molecule has 0 radical (unpaired) electrons. The summed E-state index contributed by atoms with van der Waals surface area (Å²) in [5.41, 5.74) is 19.3. The van der Waals surface area contributed by atoms with Crippen molar-refractivity contribution in [2.24, 2.45) is 11.2 Å². The molecule has 256 valence electrons. The van der Waals surface area contributed by atoms with Gasteiger partial charge in [-0.2, -0.15) is 5.50 Å². The van der Waals surface area contributed by atoms with Crippen molar-refractivity contribution in [3.63, 3.8) is 0 Å². The number of hydrogen-bond donors (Lipinski definition) is 6. The zero-order valence-electron chi connectivity index (χ0n) is 27.6. The third kappa shape index (κ3) is 11.0. The van der Waals surface area contributed by atoms with Crippen LogP contribution in [0.4, 0.5) is 0 Å². The van der Waals surface area contributed by atoms with Gasteiger partial charge < -0.3 is 30.7 Å². The zero-order valence-corrected chi connectivity index (χ0v) is 30.1. The molecule has 0 aliphatic carbocycles. The maximum Gasteiger partial charge on any atom is 0.347 e. The molecule has 0 aliphatic rings. The summed E-state index contributed by atoms with van der Waals surface area (Å²) >= 11 is 12.1. The van der Waals surface area contributed by atoms with Crippen LogP contribution in [0.2, 0.25) is 0 Å². The van der Waals surface area contributed by atoms with Gasteiger partial charge in [-0.05, 0) is 128 Å². The maximum atomic E-state index is 11.5. The number of hydrogen-bond acceptors (Lipinski definition) is 8. The highest BCUT2D eigenvalue weighted by Crippen LogP contribution is 2.57. The molecular formula is C36H44Cl2N4O5P+. The molecule has 0 aliphatic heterocycles. The number of nitrogens with one attached hydrogen (secondary N) is 2. The van der Waals surface area contributed by atoms with Gasteiger partial charge in [-0.3, -0.25) is 4.79 Å². The quantitative estimate of drug-likeness (QED) is 0.0538. The van der Waals surface area contributed by atoms with Crippen molar-refractivity contribution in [1.82, 2.24) is 10.4 Å². The Morgan fingerprint density at radius 1 is 0.875 bits per heavy atom. The van der Waals surface area contributed by atoms with Gasteiger partial charge in [-0.1, -0.05) is 18.2 Å². The van der Waals surface area contributed by atoms with Crippen LogP contribution in [0.15, 0.2) is 66.7 Å². The molecule has 0 saturated heterocycles. The van der Waals surface area contributed by atoms with Crippen LogP contribution in [-0.4, -0.2) is 35.3 Å². The first kappa shape index (κ1) is 37.3. The largest absolute Gasteiger partial charge is 0.508 e. The summed E-state index contributed by atoms with van der Waals surface area (Å²) in [6.45, 7) is 8.45. The summed E-state index contributed by atoms with van der Waals surface area (Å²) in [6, 6.07) is 19.3. The van der Waals surface area contributed by atoms with E-state index in [4.69, 9.17) is 43.2 Å². The Bertz CT molecular complexity index is 1710. The van der Waals surface area contributed by atoms with Crippen molar-refractivity contribution in [2.75, 3.05) is 13.1 Å². The molecule has 0 bridgehead atoms. The van der Waals surface area contributed by atoms with Crippen molar-refractivity contribution < 1.29 is 24.5 Å². The Kier molecular flexibility index (Phi) is 13.0. The number of carbonyl (C=O) groups excluding carboxylic acids is 1. The van der Waals surface area contributed by atoms with Gasteiger partial charge in [-0.25, -0.2) is 0 Å².